The van der Waals surface area contributed by atoms with E-state index in [1.807, 2.05) is 72.2 Å². The zero-order valence-corrected chi connectivity index (χ0v) is 15.7. The highest BCUT2D eigenvalue weighted by Crippen LogP contribution is 2.23. The number of nitrogens with zero attached hydrogens (tertiary/aromatic N) is 3. The Morgan fingerprint density at radius 3 is 2.38 bits per heavy atom. The van der Waals surface area contributed by atoms with Gasteiger partial charge in [-0.25, -0.2) is 0 Å². The second kappa shape index (κ2) is 8.67. The van der Waals surface area contributed by atoms with Gasteiger partial charge in [-0.3, -0.25) is 4.79 Å². The van der Waals surface area contributed by atoms with Gasteiger partial charge in [0.25, 0.3) is 0 Å². The highest BCUT2D eigenvalue weighted by molar-refractivity contribution is 7.99. The first-order chi connectivity index (χ1) is 12.7. The van der Waals surface area contributed by atoms with Crippen molar-refractivity contribution in [3.63, 3.8) is 0 Å². The molecule has 1 atom stereocenters. The number of hydrogen-bond acceptors (Lipinski definition) is 4. The molecule has 0 aliphatic rings. The highest BCUT2D eigenvalue weighted by atomic mass is 32.2. The summed E-state index contributed by atoms with van der Waals surface area (Å²) >= 11 is 1.41. The Morgan fingerprint density at radius 1 is 1.08 bits per heavy atom. The molecular weight excluding hydrogens is 344 g/mol. The molecule has 3 aromatic rings. The van der Waals surface area contributed by atoms with Crippen LogP contribution in [0.2, 0.25) is 0 Å². The molecule has 0 bridgehead atoms. The second-order valence-electron chi connectivity index (χ2n) is 5.91. The zero-order valence-electron chi connectivity index (χ0n) is 14.9. The number of benzene rings is 2. The molecule has 1 unspecified atom stereocenters. The molecular formula is C20H22N4OS. The standard InChI is InChI=1S/C20H22N4OS/c1-3-24-19(17-12-8-5-9-13-17)22-23-20(24)26-14-18(25)21-15(2)16-10-6-4-7-11-16/h4-13,15H,3,14H2,1-2H3,(H,21,25). The lowest BCUT2D eigenvalue weighted by Gasteiger charge is -2.14. The van der Waals surface area contributed by atoms with Crippen molar-refractivity contribution in [2.75, 3.05) is 5.75 Å². The van der Waals surface area contributed by atoms with Gasteiger partial charge in [0.1, 0.15) is 0 Å². The summed E-state index contributed by atoms with van der Waals surface area (Å²) in [6, 6.07) is 19.9. The Kier molecular flexibility index (Phi) is 6.07. The van der Waals surface area contributed by atoms with Crippen molar-refractivity contribution >= 4 is 17.7 Å². The average Bonchev–Trinajstić information content (AvgIpc) is 3.10. The fourth-order valence-corrected chi connectivity index (χ4v) is 3.53. The molecule has 0 fully saturated rings. The van der Waals surface area contributed by atoms with Gasteiger partial charge in [0.15, 0.2) is 11.0 Å². The van der Waals surface area contributed by atoms with Crippen LogP contribution in [0.3, 0.4) is 0 Å². The molecule has 26 heavy (non-hydrogen) atoms. The lowest BCUT2D eigenvalue weighted by Crippen LogP contribution is -2.28. The molecule has 1 N–H and O–H groups in total. The normalized spacial score (nSPS) is 11.9. The number of aromatic nitrogens is 3. The fourth-order valence-electron chi connectivity index (χ4n) is 2.72. The van der Waals surface area contributed by atoms with E-state index in [1.165, 1.54) is 11.8 Å². The third-order valence-electron chi connectivity index (χ3n) is 4.07. The van der Waals surface area contributed by atoms with Gasteiger partial charge in [-0.2, -0.15) is 0 Å². The summed E-state index contributed by atoms with van der Waals surface area (Å²) in [5.74, 6) is 1.12. The first kappa shape index (κ1) is 18.2. The minimum Gasteiger partial charge on any atom is -0.349 e. The fraction of sp³-hybridized carbons (Fsp3) is 0.250. The maximum atomic E-state index is 12.3. The van der Waals surface area contributed by atoms with Crippen LogP contribution in [0.4, 0.5) is 0 Å². The van der Waals surface area contributed by atoms with Gasteiger partial charge >= 0.3 is 0 Å². The molecule has 1 heterocycles. The van der Waals surface area contributed by atoms with Gasteiger partial charge in [0.2, 0.25) is 5.91 Å². The van der Waals surface area contributed by atoms with Gasteiger partial charge in [-0.1, -0.05) is 72.4 Å². The van der Waals surface area contributed by atoms with Crippen LogP contribution < -0.4 is 5.32 Å². The van der Waals surface area contributed by atoms with Crippen LogP contribution in [0.5, 0.6) is 0 Å². The molecule has 6 heteroatoms. The third-order valence-corrected chi connectivity index (χ3v) is 5.04. The molecule has 5 nitrogen and oxygen atoms in total. The van der Waals surface area contributed by atoms with E-state index in [2.05, 4.69) is 22.4 Å². The largest absolute Gasteiger partial charge is 0.349 e. The number of rotatable bonds is 7. The maximum absolute atomic E-state index is 12.3. The van der Waals surface area contributed by atoms with Crippen LogP contribution in [0.1, 0.15) is 25.5 Å². The van der Waals surface area contributed by atoms with Crippen molar-refractivity contribution in [3.05, 3.63) is 66.2 Å². The Balaban J connectivity index is 1.63. The van der Waals surface area contributed by atoms with Crippen LogP contribution in [0.15, 0.2) is 65.8 Å². The van der Waals surface area contributed by atoms with Crippen LogP contribution in [-0.2, 0) is 11.3 Å². The number of carbonyl (C=O) groups is 1. The molecule has 134 valence electrons. The van der Waals surface area contributed by atoms with Gasteiger partial charge in [0.05, 0.1) is 11.8 Å². The van der Waals surface area contributed by atoms with E-state index >= 15 is 0 Å². The van der Waals surface area contributed by atoms with E-state index < -0.39 is 0 Å². The molecule has 3 rings (SSSR count). The predicted molar refractivity (Wildman–Crippen MR) is 105 cm³/mol. The SMILES string of the molecule is CCn1c(SCC(=O)NC(C)c2ccccc2)nnc1-c1ccccc1. The second-order valence-corrected chi connectivity index (χ2v) is 6.85. The van der Waals surface area contributed by atoms with Crippen molar-refractivity contribution < 1.29 is 4.79 Å². The van der Waals surface area contributed by atoms with Crippen LogP contribution in [0.25, 0.3) is 11.4 Å². The Labute approximate surface area is 157 Å². The smallest absolute Gasteiger partial charge is 0.230 e. The predicted octanol–water partition coefficient (Wildman–Crippen LogP) is 3.93. The van der Waals surface area contributed by atoms with E-state index in [0.29, 0.717) is 5.75 Å². The van der Waals surface area contributed by atoms with E-state index in [9.17, 15) is 4.79 Å². The van der Waals surface area contributed by atoms with Gasteiger partial charge in [-0.05, 0) is 19.4 Å². The molecule has 2 aromatic carbocycles. The lowest BCUT2D eigenvalue weighted by molar-refractivity contribution is -0.119. The van der Waals surface area contributed by atoms with Crippen LogP contribution >= 0.6 is 11.8 Å². The van der Waals surface area contributed by atoms with Crippen molar-refractivity contribution in [1.82, 2.24) is 20.1 Å². The van der Waals surface area contributed by atoms with Crippen LogP contribution in [0, 0.1) is 0 Å². The Bertz CT molecular complexity index is 849. The monoisotopic (exact) mass is 366 g/mol. The molecule has 0 aliphatic heterocycles. The minimum atomic E-state index is -0.0202. The van der Waals surface area contributed by atoms with E-state index in [1.54, 1.807) is 0 Å². The summed E-state index contributed by atoms with van der Waals surface area (Å²) in [6.07, 6.45) is 0. The van der Waals surface area contributed by atoms with Gasteiger partial charge in [-0.15, -0.1) is 10.2 Å². The van der Waals surface area contributed by atoms with E-state index in [0.717, 1.165) is 28.7 Å². The van der Waals surface area contributed by atoms with Crippen molar-refractivity contribution in [3.8, 4) is 11.4 Å². The van der Waals surface area contributed by atoms with Crippen molar-refractivity contribution in [2.24, 2.45) is 0 Å². The summed E-state index contributed by atoms with van der Waals surface area (Å²) in [6.45, 7) is 4.79. The number of amides is 1. The van der Waals surface area contributed by atoms with Crippen molar-refractivity contribution in [2.45, 2.75) is 31.6 Å². The number of carbonyl (C=O) groups excluding carboxylic acids is 1. The molecule has 0 radical (unpaired) electrons. The Morgan fingerprint density at radius 2 is 1.73 bits per heavy atom. The average molecular weight is 366 g/mol. The molecule has 0 aliphatic carbocycles. The summed E-state index contributed by atoms with van der Waals surface area (Å²) < 4.78 is 2.04. The quantitative estimate of drug-likeness (QED) is 0.644. The van der Waals surface area contributed by atoms with Gasteiger partial charge < -0.3 is 9.88 Å². The highest BCUT2D eigenvalue weighted by Gasteiger charge is 2.15. The zero-order chi connectivity index (χ0) is 18.4. The Hall–Kier alpha value is -2.60. The minimum absolute atomic E-state index is 0.0155. The first-order valence-electron chi connectivity index (χ1n) is 8.64. The third kappa shape index (κ3) is 4.32. The van der Waals surface area contributed by atoms with E-state index in [4.69, 9.17) is 0 Å². The number of nitrogens with one attached hydrogen (secondary N) is 1. The maximum Gasteiger partial charge on any atom is 0.230 e. The summed E-state index contributed by atoms with van der Waals surface area (Å²) in [5, 5.41) is 12.4. The number of thioether (sulfide) groups is 1. The first-order valence-corrected chi connectivity index (χ1v) is 9.63. The lowest BCUT2D eigenvalue weighted by atomic mass is 10.1. The van der Waals surface area contributed by atoms with Crippen molar-refractivity contribution in [1.29, 1.82) is 0 Å². The van der Waals surface area contributed by atoms with E-state index in [-0.39, 0.29) is 11.9 Å². The van der Waals surface area contributed by atoms with Crippen LogP contribution in [-0.4, -0.2) is 26.4 Å². The molecule has 0 spiro atoms. The molecule has 0 saturated heterocycles. The molecule has 1 amide bonds. The topological polar surface area (TPSA) is 59.8 Å². The summed E-state index contributed by atoms with van der Waals surface area (Å²) in [4.78, 5) is 12.3. The summed E-state index contributed by atoms with van der Waals surface area (Å²) in [5.41, 5.74) is 2.12. The molecule has 0 saturated carbocycles. The summed E-state index contributed by atoms with van der Waals surface area (Å²) in [7, 11) is 0. The molecule has 1 aromatic heterocycles. The van der Waals surface area contributed by atoms with Gasteiger partial charge in [0, 0.05) is 12.1 Å². The number of hydrogen-bond donors (Lipinski definition) is 1.